The Kier molecular flexibility index (Phi) is 4.78. The van der Waals surface area contributed by atoms with Crippen molar-refractivity contribution in [3.8, 4) is 11.5 Å². The first-order valence-corrected chi connectivity index (χ1v) is 9.86. The van der Waals surface area contributed by atoms with Gasteiger partial charge in [0, 0.05) is 18.7 Å². The molecular formula is C20H22N2O4S. The third-order valence-corrected chi connectivity index (χ3v) is 6.31. The zero-order chi connectivity index (χ0) is 19.0. The second kappa shape index (κ2) is 7.23. The highest BCUT2D eigenvalue weighted by Crippen LogP contribution is 2.39. The van der Waals surface area contributed by atoms with Gasteiger partial charge in [-0.3, -0.25) is 9.59 Å². The minimum absolute atomic E-state index is 0.00783. The van der Waals surface area contributed by atoms with E-state index in [1.807, 2.05) is 22.4 Å². The number of amides is 2. The molecule has 1 N–H and O–H groups in total. The van der Waals surface area contributed by atoms with E-state index in [2.05, 4.69) is 5.32 Å². The van der Waals surface area contributed by atoms with Crippen molar-refractivity contribution in [2.75, 3.05) is 20.8 Å². The van der Waals surface area contributed by atoms with Crippen molar-refractivity contribution >= 4 is 23.2 Å². The van der Waals surface area contributed by atoms with Gasteiger partial charge in [-0.05, 0) is 42.3 Å². The molecule has 1 saturated heterocycles. The van der Waals surface area contributed by atoms with E-state index in [1.54, 1.807) is 32.4 Å². The maximum atomic E-state index is 13.2. The van der Waals surface area contributed by atoms with Crippen LogP contribution in [0.15, 0.2) is 35.7 Å². The lowest BCUT2D eigenvalue weighted by Crippen LogP contribution is -2.51. The Balaban J connectivity index is 1.51. The van der Waals surface area contributed by atoms with Gasteiger partial charge in [-0.1, -0.05) is 6.07 Å². The maximum absolute atomic E-state index is 13.2. The summed E-state index contributed by atoms with van der Waals surface area (Å²) in [5, 5.41) is 5.01. The molecule has 1 saturated carbocycles. The molecule has 2 bridgehead atoms. The van der Waals surface area contributed by atoms with E-state index in [-0.39, 0.29) is 23.9 Å². The van der Waals surface area contributed by atoms with E-state index < -0.39 is 0 Å². The lowest BCUT2D eigenvalue weighted by molar-refractivity contribution is 0.0646. The second-order valence-corrected chi connectivity index (χ2v) is 7.93. The predicted molar refractivity (Wildman–Crippen MR) is 103 cm³/mol. The third-order valence-electron chi connectivity index (χ3n) is 5.44. The van der Waals surface area contributed by atoms with Crippen LogP contribution in [-0.4, -0.2) is 49.6 Å². The van der Waals surface area contributed by atoms with Crippen LogP contribution in [0.2, 0.25) is 0 Å². The summed E-state index contributed by atoms with van der Waals surface area (Å²) in [6.07, 6.45) is 1.85. The van der Waals surface area contributed by atoms with Crippen LogP contribution in [0.25, 0.3) is 0 Å². The molecule has 2 heterocycles. The quantitative estimate of drug-likeness (QED) is 0.858. The summed E-state index contributed by atoms with van der Waals surface area (Å²) >= 11 is 1.43. The van der Waals surface area contributed by atoms with Gasteiger partial charge < -0.3 is 19.7 Å². The minimum atomic E-state index is -0.0584. The molecule has 27 heavy (non-hydrogen) atoms. The number of piperidine rings is 1. The highest BCUT2D eigenvalue weighted by Gasteiger charge is 2.47. The van der Waals surface area contributed by atoms with Crippen LogP contribution in [-0.2, 0) is 0 Å². The SMILES string of the molecule is COc1ccc(C(=O)N2CC3CC(NC(=O)c4cccs4)C2C3)c(OC)c1. The molecule has 6 nitrogen and oxygen atoms in total. The molecular weight excluding hydrogens is 364 g/mol. The summed E-state index contributed by atoms with van der Waals surface area (Å²) in [5.41, 5.74) is 0.522. The summed E-state index contributed by atoms with van der Waals surface area (Å²) in [6, 6.07) is 8.93. The normalized spacial score (nSPS) is 23.3. The van der Waals surface area contributed by atoms with E-state index in [0.29, 0.717) is 27.9 Å². The van der Waals surface area contributed by atoms with Crippen LogP contribution >= 0.6 is 11.3 Å². The Labute approximate surface area is 162 Å². The van der Waals surface area contributed by atoms with E-state index in [0.717, 1.165) is 19.4 Å². The molecule has 2 aromatic rings. The van der Waals surface area contributed by atoms with Crippen LogP contribution in [0.3, 0.4) is 0 Å². The van der Waals surface area contributed by atoms with E-state index in [1.165, 1.54) is 11.3 Å². The fourth-order valence-corrected chi connectivity index (χ4v) is 4.82. The smallest absolute Gasteiger partial charge is 0.261 e. The second-order valence-electron chi connectivity index (χ2n) is 6.99. The number of nitrogens with zero attached hydrogens (tertiary/aromatic N) is 1. The number of carbonyl (C=O) groups is 2. The predicted octanol–water partition coefficient (Wildman–Crippen LogP) is 2.80. The summed E-state index contributed by atoms with van der Waals surface area (Å²) in [6.45, 7) is 0.726. The molecule has 1 aliphatic carbocycles. The molecule has 2 fully saturated rings. The van der Waals surface area contributed by atoms with Crippen molar-refractivity contribution in [3.63, 3.8) is 0 Å². The Hall–Kier alpha value is -2.54. The lowest BCUT2D eigenvalue weighted by Gasteiger charge is -2.34. The number of ether oxygens (including phenoxy) is 2. The molecule has 3 atom stereocenters. The van der Waals surface area contributed by atoms with Crippen molar-refractivity contribution in [2.45, 2.75) is 24.9 Å². The molecule has 7 heteroatoms. The fraction of sp³-hybridized carbons (Fsp3) is 0.400. The molecule has 3 unspecified atom stereocenters. The van der Waals surface area contributed by atoms with Gasteiger partial charge in [0.2, 0.25) is 0 Å². The molecule has 2 aliphatic rings. The number of likely N-dealkylation sites (tertiary alicyclic amines) is 1. The Morgan fingerprint density at radius 1 is 1.19 bits per heavy atom. The largest absolute Gasteiger partial charge is 0.497 e. The summed E-state index contributed by atoms with van der Waals surface area (Å²) in [5.74, 6) is 1.46. The Bertz CT molecular complexity index is 852. The Morgan fingerprint density at radius 2 is 2.04 bits per heavy atom. The van der Waals surface area contributed by atoms with Crippen LogP contribution < -0.4 is 14.8 Å². The average Bonchev–Trinajstić information content (AvgIpc) is 3.43. The number of hydrogen-bond donors (Lipinski definition) is 1. The summed E-state index contributed by atoms with van der Waals surface area (Å²) in [4.78, 5) is 28.2. The van der Waals surface area contributed by atoms with Gasteiger partial charge in [0.1, 0.15) is 11.5 Å². The molecule has 1 aromatic heterocycles. The van der Waals surface area contributed by atoms with Gasteiger partial charge in [-0.2, -0.15) is 0 Å². The molecule has 1 aromatic carbocycles. The van der Waals surface area contributed by atoms with E-state index >= 15 is 0 Å². The van der Waals surface area contributed by atoms with Gasteiger partial charge in [-0.25, -0.2) is 0 Å². The van der Waals surface area contributed by atoms with Gasteiger partial charge >= 0.3 is 0 Å². The topological polar surface area (TPSA) is 67.9 Å². The van der Waals surface area contributed by atoms with Gasteiger partial charge in [0.05, 0.1) is 30.7 Å². The fourth-order valence-electron chi connectivity index (χ4n) is 4.19. The number of carbonyl (C=O) groups excluding carboxylic acids is 2. The molecule has 142 valence electrons. The minimum Gasteiger partial charge on any atom is -0.497 e. The standard InChI is InChI=1S/C20H22N2O4S/c1-25-13-5-6-14(17(10-13)26-2)20(24)22-11-12-8-15(16(22)9-12)21-19(23)18-4-3-7-27-18/h3-7,10,12,15-16H,8-9,11H2,1-2H3,(H,21,23). The van der Waals surface area contributed by atoms with Gasteiger partial charge in [0.15, 0.2) is 0 Å². The van der Waals surface area contributed by atoms with Gasteiger partial charge in [-0.15, -0.1) is 11.3 Å². The number of nitrogens with one attached hydrogen (secondary N) is 1. The molecule has 0 radical (unpaired) electrons. The first kappa shape index (κ1) is 17.9. The van der Waals surface area contributed by atoms with E-state index in [4.69, 9.17) is 9.47 Å². The van der Waals surface area contributed by atoms with Crippen molar-refractivity contribution in [2.24, 2.45) is 5.92 Å². The van der Waals surface area contributed by atoms with Crippen molar-refractivity contribution in [1.82, 2.24) is 10.2 Å². The summed E-state index contributed by atoms with van der Waals surface area (Å²) in [7, 11) is 3.13. The number of methoxy groups -OCH3 is 2. The number of hydrogen-bond acceptors (Lipinski definition) is 5. The van der Waals surface area contributed by atoms with Gasteiger partial charge in [0.25, 0.3) is 11.8 Å². The van der Waals surface area contributed by atoms with Crippen molar-refractivity contribution < 1.29 is 19.1 Å². The van der Waals surface area contributed by atoms with Crippen LogP contribution in [0.1, 0.15) is 32.9 Å². The Morgan fingerprint density at radius 3 is 2.70 bits per heavy atom. The van der Waals surface area contributed by atoms with Crippen molar-refractivity contribution in [3.05, 3.63) is 46.2 Å². The highest BCUT2D eigenvalue weighted by atomic mass is 32.1. The van der Waals surface area contributed by atoms with Crippen molar-refractivity contribution in [1.29, 1.82) is 0 Å². The molecule has 0 spiro atoms. The van der Waals surface area contributed by atoms with Crippen LogP contribution in [0.4, 0.5) is 0 Å². The third kappa shape index (κ3) is 3.27. The highest BCUT2D eigenvalue weighted by molar-refractivity contribution is 7.12. The zero-order valence-corrected chi connectivity index (χ0v) is 16.1. The van der Waals surface area contributed by atoms with Crippen LogP contribution in [0.5, 0.6) is 11.5 Å². The number of fused-ring (bicyclic) bond motifs is 2. The number of rotatable bonds is 5. The zero-order valence-electron chi connectivity index (χ0n) is 15.3. The van der Waals surface area contributed by atoms with Crippen LogP contribution in [0, 0.1) is 5.92 Å². The molecule has 2 amide bonds. The molecule has 1 aliphatic heterocycles. The van der Waals surface area contributed by atoms with E-state index in [9.17, 15) is 9.59 Å². The monoisotopic (exact) mass is 386 g/mol. The molecule has 4 rings (SSSR count). The number of thiophene rings is 1. The maximum Gasteiger partial charge on any atom is 0.261 e. The average molecular weight is 386 g/mol. The first-order valence-electron chi connectivity index (χ1n) is 8.98. The summed E-state index contributed by atoms with van der Waals surface area (Å²) < 4.78 is 10.6. The number of benzene rings is 1. The first-order chi connectivity index (χ1) is 13.1. The lowest BCUT2D eigenvalue weighted by atomic mass is 10.0.